The number of hydrogen-bond donors (Lipinski definition) is 2. The smallest absolute Gasteiger partial charge is 0.0626 e. The number of rotatable bonds is 4. The minimum Gasteiger partial charge on any atom is -0.394 e. The average Bonchev–Trinajstić information content (AvgIpc) is 2.86. The van der Waals surface area contributed by atoms with Crippen LogP contribution in [0.5, 0.6) is 0 Å². The van der Waals surface area contributed by atoms with Gasteiger partial charge in [-0.15, -0.1) is 11.3 Å². The summed E-state index contributed by atoms with van der Waals surface area (Å²) < 4.78 is 0. The number of nitrogens with zero attached hydrogens (tertiary/aromatic N) is 1. The van der Waals surface area contributed by atoms with Crippen molar-refractivity contribution in [1.29, 1.82) is 0 Å². The van der Waals surface area contributed by atoms with Crippen LogP contribution in [-0.4, -0.2) is 41.8 Å². The van der Waals surface area contributed by atoms with E-state index in [2.05, 4.69) is 41.7 Å². The number of likely N-dealkylation sites (N-methyl/N-ethyl adjacent to an activating group) is 1. The molecule has 0 spiro atoms. The Bertz CT molecular complexity index is 316. The Morgan fingerprint density at radius 2 is 2.50 bits per heavy atom. The number of thiophene rings is 1. The van der Waals surface area contributed by atoms with E-state index in [1.54, 1.807) is 11.3 Å². The second-order valence-electron chi connectivity index (χ2n) is 4.84. The molecule has 0 aliphatic carbocycles. The zero-order valence-corrected chi connectivity index (χ0v) is 10.8. The third-order valence-electron chi connectivity index (χ3n) is 3.51. The normalized spacial score (nSPS) is 31.1. The molecule has 0 radical (unpaired) electrons. The predicted octanol–water partition coefficient (Wildman–Crippen LogP) is 1.29. The topological polar surface area (TPSA) is 35.5 Å². The maximum atomic E-state index is 9.59. The molecule has 1 aromatic rings. The van der Waals surface area contributed by atoms with Crippen LogP contribution in [0.2, 0.25) is 0 Å². The zero-order chi connectivity index (χ0) is 11.6. The van der Waals surface area contributed by atoms with Crippen molar-refractivity contribution in [1.82, 2.24) is 10.2 Å². The van der Waals surface area contributed by atoms with Crippen LogP contribution in [0.1, 0.15) is 18.2 Å². The molecule has 1 aromatic heterocycles. The van der Waals surface area contributed by atoms with Crippen LogP contribution in [0.3, 0.4) is 0 Å². The van der Waals surface area contributed by atoms with E-state index in [1.807, 2.05) is 0 Å². The molecule has 2 rings (SSSR count). The molecule has 2 unspecified atom stereocenters. The van der Waals surface area contributed by atoms with Gasteiger partial charge in [0.1, 0.15) is 0 Å². The number of aliphatic hydroxyl groups excluding tert-OH is 1. The van der Waals surface area contributed by atoms with Crippen molar-refractivity contribution in [3.8, 4) is 0 Å². The molecule has 90 valence electrons. The molecule has 2 N–H and O–H groups in total. The maximum absolute atomic E-state index is 9.59. The molecule has 2 heterocycles. The van der Waals surface area contributed by atoms with Crippen LogP contribution in [0, 0.1) is 0 Å². The highest BCUT2D eigenvalue weighted by atomic mass is 32.1. The van der Waals surface area contributed by atoms with Crippen molar-refractivity contribution in [2.45, 2.75) is 31.5 Å². The molecular formula is C12H20N2OS. The van der Waals surface area contributed by atoms with Gasteiger partial charge in [0.05, 0.1) is 12.1 Å². The van der Waals surface area contributed by atoms with Gasteiger partial charge in [-0.05, 0) is 31.8 Å². The Morgan fingerprint density at radius 3 is 3.00 bits per heavy atom. The first-order valence-electron chi connectivity index (χ1n) is 5.74. The Kier molecular flexibility index (Phi) is 3.64. The van der Waals surface area contributed by atoms with Crippen molar-refractivity contribution in [2.75, 3.05) is 20.2 Å². The van der Waals surface area contributed by atoms with Crippen LogP contribution in [0.25, 0.3) is 0 Å². The number of hydrogen-bond acceptors (Lipinski definition) is 4. The SMILES string of the molecule is CC1CC(CO)(NCc2cccs2)CN1C. The molecule has 1 fully saturated rings. The zero-order valence-electron chi connectivity index (χ0n) is 9.94. The van der Waals surface area contributed by atoms with Gasteiger partial charge in [0, 0.05) is 24.0 Å². The fourth-order valence-corrected chi connectivity index (χ4v) is 3.05. The van der Waals surface area contributed by atoms with E-state index in [0.29, 0.717) is 6.04 Å². The molecule has 0 bridgehead atoms. The van der Waals surface area contributed by atoms with E-state index < -0.39 is 0 Å². The first-order valence-corrected chi connectivity index (χ1v) is 6.62. The fourth-order valence-electron chi connectivity index (χ4n) is 2.41. The van der Waals surface area contributed by atoms with Crippen molar-refractivity contribution in [3.05, 3.63) is 22.4 Å². The highest BCUT2D eigenvalue weighted by Crippen LogP contribution is 2.26. The maximum Gasteiger partial charge on any atom is 0.0626 e. The van der Waals surface area contributed by atoms with E-state index in [4.69, 9.17) is 0 Å². The second kappa shape index (κ2) is 4.84. The summed E-state index contributed by atoms with van der Waals surface area (Å²) in [5, 5.41) is 15.2. The van der Waals surface area contributed by atoms with Gasteiger partial charge in [-0.1, -0.05) is 6.07 Å². The van der Waals surface area contributed by atoms with E-state index in [1.165, 1.54) is 4.88 Å². The summed E-state index contributed by atoms with van der Waals surface area (Å²) in [4.78, 5) is 3.63. The van der Waals surface area contributed by atoms with Gasteiger partial charge < -0.3 is 15.3 Å². The molecule has 4 heteroatoms. The molecule has 1 saturated heterocycles. The molecule has 0 aromatic carbocycles. The average molecular weight is 240 g/mol. The Balaban J connectivity index is 1.95. The lowest BCUT2D eigenvalue weighted by atomic mass is 9.97. The minimum absolute atomic E-state index is 0.113. The highest BCUT2D eigenvalue weighted by Gasteiger charge is 2.39. The van der Waals surface area contributed by atoms with E-state index in [9.17, 15) is 5.11 Å². The highest BCUT2D eigenvalue weighted by molar-refractivity contribution is 7.09. The Morgan fingerprint density at radius 1 is 1.69 bits per heavy atom. The van der Waals surface area contributed by atoms with Crippen LogP contribution in [-0.2, 0) is 6.54 Å². The van der Waals surface area contributed by atoms with E-state index in [0.717, 1.165) is 19.5 Å². The van der Waals surface area contributed by atoms with Gasteiger partial charge in [-0.2, -0.15) is 0 Å². The number of nitrogens with one attached hydrogen (secondary N) is 1. The molecule has 2 atom stereocenters. The minimum atomic E-state index is -0.113. The first kappa shape index (κ1) is 12.0. The lowest BCUT2D eigenvalue weighted by Gasteiger charge is -2.28. The van der Waals surface area contributed by atoms with Crippen molar-refractivity contribution in [3.63, 3.8) is 0 Å². The van der Waals surface area contributed by atoms with Gasteiger partial charge in [-0.3, -0.25) is 0 Å². The summed E-state index contributed by atoms with van der Waals surface area (Å²) in [7, 11) is 2.12. The fraction of sp³-hybridized carbons (Fsp3) is 0.667. The van der Waals surface area contributed by atoms with Crippen molar-refractivity contribution in [2.24, 2.45) is 0 Å². The monoisotopic (exact) mass is 240 g/mol. The standard InChI is InChI=1S/C12H20N2OS/c1-10-6-12(9-15,8-14(10)2)13-7-11-4-3-5-16-11/h3-5,10,13,15H,6-9H2,1-2H3. The molecular weight excluding hydrogens is 220 g/mol. The van der Waals surface area contributed by atoms with Gasteiger partial charge in [-0.25, -0.2) is 0 Å². The quantitative estimate of drug-likeness (QED) is 0.832. The second-order valence-corrected chi connectivity index (χ2v) is 5.87. The summed E-state index contributed by atoms with van der Waals surface area (Å²) in [5.41, 5.74) is -0.113. The summed E-state index contributed by atoms with van der Waals surface area (Å²) in [6.07, 6.45) is 1.02. The molecule has 3 nitrogen and oxygen atoms in total. The predicted molar refractivity (Wildman–Crippen MR) is 67.7 cm³/mol. The van der Waals surface area contributed by atoms with Gasteiger partial charge >= 0.3 is 0 Å². The Hall–Kier alpha value is -0.420. The van der Waals surface area contributed by atoms with Gasteiger partial charge in [0.25, 0.3) is 0 Å². The van der Waals surface area contributed by atoms with Crippen LogP contribution in [0.15, 0.2) is 17.5 Å². The summed E-state index contributed by atoms with van der Waals surface area (Å²) in [6, 6.07) is 4.74. The van der Waals surface area contributed by atoms with Gasteiger partial charge in [0.15, 0.2) is 0 Å². The molecule has 0 amide bonds. The van der Waals surface area contributed by atoms with Crippen molar-refractivity contribution < 1.29 is 5.11 Å². The molecule has 1 aliphatic rings. The summed E-state index contributed by atoms with van der Waals surface area (Å²) in [6.45, 7) is 4.21. The third kappa shape index (κ3) is 2.46. The van der Waals surface area contributed by atoms with E-state index >= 15 is 0 Å². The largest absolute Gasteiger partial charge is 0.394 e. The van der Waals surface area contributed by atoms with Crippen molar-refractivity contribution >= 4 is 11.3 Å². The Labute approximate surface area is 101 Å². The van der Waals surface area contributed by atoms with E-state index in [-0.39, 0.29) is 12.1 Å². The first-order chi connectivity index (χ1) is 7.65. The summed E-state index contributed by atoms with van der Waals surface area (Å²) in [5.74, 6) is 0. The lowest BCUT2D eigenvalue weighted by molar-refractivity contribution is 0.163. The third-order valence-corrected chi connectivity index (χ3v) is 4.39. The lowest BCUT2D eigenvalue weighted by Crippen LogP contribution is -2.49. The summed E-state index contributed by atoms with van der Waals surface area (Å²) >= 11 is 1.76. The molecule has 1 aliphatic heterocycles. The molecule has 0 saturated carbocycles. The van der Waals surface area contributed by atoms with Crippen LogP contribution < -0.4 is 5.32 Å². The molecule has 16 heavy (non-hydrogen) atoms. The van der Waals surface area contributed by atoms with Gasteiger partial charge in [0.2, 0.25) is 0 Å². The van der Waals surface area contributed by atoms with Crippen LogP contribution in [0.4, 0.5) is 0 Å². The van der Waals surface area contributed by atoms with Crippen LogP contribution >= 0.6 is 11.3 Å². The number of likely N-dealkylation sites (tertiary alicyclic amines) is 1. The number of aliphatic hydroxyl groups is 1.